The molecule has 0 radical (unpaired) electrons. The van der Waals surface area contributed by atoms with Gasteiger partial charge >= 0.3 is 11.9 Å². The van der Waals surface area contributed by atoms with Crippen LogP contribution in [0.4, 0.5) is 0 Å². The van der Waals surface area contributed by atoms with Gasteiger partial charge in [-0.2, -0.15) is 0 Å². The summed E-state index contributed by atoms with van der Waals surface area (Å²) < 4.78 is 10.2. The van der Waals surface area contributed by atoms with Gasteiger partial charge in [0.15, 0.2) is 5.70 Å². The zero-order chi connectivity index (χ0) is 17.1. The van der Waals surface area contributed by atoms with Crippen LogP contribution in [0.2, 0.25) is 0 Å². The number of ether oxygens (including phenoxy) is 2. The van der Waals surface area contributed by atoms with E-state index in [2.05, 4.69) is 4.99 Å². The molecule has 0 unspecified atom stereocenters. The van der Waals surface area contributed by atoms with Gasteiger partial charge in [-0.15, -0.1) is 0 Å². The molecule has 1 N–H and O–H groups in total. The Labute approximate surface area is 137 Å². The molecule has 0 bridgehead atoms. The lowest BCUT2D eigenvalue weighted by Gasteiger charge is -2.07. The minimum absolute atomic E-state index is 0.0320. The molecule has 0 saturated carbocycles. The number of rotatable bonds is 4. The molecule has 6 heteroatoms. The van der Waals surface area contributed by atoms with E-state index >= 15 is 0 Å². The van der Waals surface area contributed by atoms with Gasteiger partial charge in [-0.3, -0.25) is 0 Å². The van der Waals surface area contributed by atoms with E-state index in [1.165, 1.54) is 19.3 Å². The third kappa shape index (κ3) is 2.89. The number of hydrogen-bond acceptors (Lipinski definition) is 5. The maximum Gasteiger partial charge on any atom is 0.363 e. The van der Waals surface area contributed by atoms with E-state index in [1.807, 2.05) is 6.07 Å². The molecule has 1 heterocycles. The van der Waals surface area contributed by atoms with Crippen LogP contribution in [0.15, 0.2) is 59.2 Å². The van der Waals surface area contributed by atoms with Crippen molar-refractivity contribution in [2.75, 3.05) is 7.11 Å². The number of methoxy groups -OCH3 is 1. The highest BCUT2D eigenvalue weighted by Gasteiger charge is 2.25. The summed E-state index contributed by atoms with van der Waals surface area (Å²) in [7, 11) is 1.38. The van der Waals surface area contributed by atoms with Crippen LogP contribution in [0.3, 0.4) is 0 Å². The topological polar surface area (TPSA) is 85.2 Å². The molecule has 0 amide bonds. The van der Waals surface area contributed by atoms with Gasteiger partial charge < -0.3 is 14.6 Å². The molecule has 6 nitrogen and oxygen atoms in total. The molecule has 0 atom stereocenters. The zero-order valence-corrected chi connectivity index (χ0v) is 12.7. The first-order chi connectivity index (χ1) is 11.6. The summed E-state index contributed by atoms with van der Waals surface area (Å²) in [4.78, 5) is 27.7. The molecular formula is C18H13NO5. The van der Waals surface area contributed by atoms with Crippen LogP contribution in [0.1, 0.15) is 21.5 Å². The van der Waals surface area contributed by atoms with Crippen molar-refractivity contribution in [3.8, 4) is 5.75 Å². The highest BCUT2D eigenvalue weighted by molar-refractivity contribution is 6.13. The number of aliphatic imine (C=N–C) groups is 1. The third-order valence-corrected chi connectivity index (χ3v) is 3.43. The van der Waals surface area contributed by atoms with Crippen LogP contribution in [-0.2, 0) is 9.53 Å². The van der Waals surface area contributed by atoms with Crippen molar-refractivity contribution in [2.45, 2.75) is 0 Å². The quantitative estimate of drug-likeness (QED) is 0.691. The highest BCUT2D eigenvalue weighted by Crippen LogP contribution is 2.26. The van der Waals surface area contributed by atoms with Gasteiger partial charge in [0.25, 0.3) is 0 Å². The molecule has 1 aliphatic rings. The first-order valence-corrected chi connectivity index (χ1v) is 7.08. The molecule has 0 fully saturated rings. The summed E-state index contributed by atoms with van der Waals surface area (Å²) in [5.74, 6) is -1.40. The van der Waals surface area contributed by atoms with Crippen LogP contribution < -0.4 is 4.74 Å². The van der Waals surface area contributed by atoms with Crippen molar-refractivity contribution < 1.29 is 24.2 Å². The Hall–Kier alpha value is -3.41. The molecule has 0 aliphatic carbocycles. The third-order valence-electron chi connectivity index (χ3n) is 3.43. The van der Waals surface area contributed by atoms with Gasteiger partial charge in [0.05, 0.1) is 7.11 Å². The largest absolute Gasteiger partial charge is 0.496 e. The number of esters is 1. The first kappa shape index (κ1) is 15.5. The van der Waals surface area contributed by atoms with E-state index in [4.69, 9.17) is 9.47 Å². The summed E-state index contributed by atoms with van der Waals surface area (Å²) in [6.07, 6.45) is 1.38. The van der Waals surface area contributed by atoms with E-state index < -0.39 is 11.9 Å². The summed E-state index contributed by atoms with van der Waals surface area (Å²) in [6, 6.07) is 13.7. The summed E-state index contributed by atoms with van der Waals surface area (Å²) in [5.41, 5.74) is 0.971. The Balaban J connectivity index is 2.05. The van der Waals surface area contributed by atoms with E-state index in [9.17, 15) is 14.7 Å². The monoisotopic (exact) mass is 323 g/mol. The lowest BCUT2D eigenvalue weighted by Crippen LogP contribution is -2.06. The smallest absolute Gasteiger partial charge is 0.363 e. The molecular weight excluding hydrogens is 310 g/mol. The Kier molecular flexibility index (Phi) is 4.11. The van der Waals surface area contributed by atoms with Gasteiger partial charge in [-0.25, -0.2) is 14.6 Å². The minimum atomic E-state index is -1.15. The molecule has 1 aliphatic heterocycles. The second-order valence-corrected chi connectivity index (χ2v) is 4.93. The Morgan fingerprint density at radius 2 is 1.92 bits per heavy atom. The van der Waals surface area contributed by atoms with Gasteiger partial charge in [-0.1, -0.05) is 30.3 Å². The molecule has 24 heavy (non-hydrogen) atoms. The normalized spacial score (nSPS) is 15.1. The molecule has 3 rings (SSSR count). The van der Waals surface area contributed by atoms with Gasteiger partial charge in [0, 0.05) is 5.56 Å². The fraction of sp³-hybridized carbons (Fsp3) is 0.0556. The summed E-state index contributed by atoms with van der Waals surface area (Å²) in [5, 5.41) is 9.39. The first-order valence-electron chi connectivity index (χ1n) is 7.08. The van der Waals surface area contributed by atoms with Crippen molar-refractivity contribution in [2.24, 2.45) is 4.99 Å². The lowest BCUT2D eigenvalue weighted by molar-refractivity contribution is -0.129. The average Bonchev–Trinajstić information content (AvgIpc) is 2.96. The van der Waals surface area contributed by atoms with Crippen LogP contribution in [0.25, 0.3) is 6.08 Å². The predicted octanol–water partition coefficient (Wildman–Crippen LogP) is 2.74. The summed E-state index contributed by atoms with van der Waals surface area (Å²) in [6.45, 7) is 0. The minimum Gasteiger partial charge on any atom is -0.496 e. The second kappa shape index (κ2) is 6.37. The lowest BCUT2D eigenvalue weighted by atomic mass is 10.1. The van der Waals surface area contributed by atoms with Crippen LogP contribution >= 0.6 is 0 Å². The SMILES string of the molecule is COc1cccc(/C=C2\N=C(c3ccccc3)OC2=O)c1C(=O)O. The number of cyclic esters (lactones) is 1. The number of carboxylic acids is 1. The molecule has 0 spiro atoms. The Morgan fingerprint density at radius 1 is 1.17 bits per heavy atom. The van der Waals surface area contributed by atoms with Crippen LogP contribution in [0.5, 0.6) is 5.75 Å². The number of carbonyl (C=O) groups is 2. The van der Waals surface area contributed by atoms with Crippen LogP contribution in [-0.4, -0.2) is 30.1 Å². The standard InChI is InChI=1S/C18H13NO5/c1-23-14-9-5-8-12(15(14)17(20)21)10-13-18(22)24-16(19-13)11-6-3-2-4-7-11/h2-10H,1H3,(H,20,21)/b13-10-. The van der Waals surface area contributed by atoms with Crippen molar-refractivity contribution >= 4 is 23.9 Å². The van der Waals surface area contributed by atoms with Gasteiger partial charge in [0.1, 0.15) is 11.3 Å². The van der Waals surface area contributed by atoms with E-state index in [0.29, 0.717) is 11.1 Å². The molecule has 0 aromatic heterocycles. The molecule has 2 aromatic rings. The van der Waals surface area contributed by atoms with Crippen LogP contribution in [0, 0.1) is 0 Å². The maximum atomic E-state index is 12.0. The fourth-order valence-electron chi connectivity index (χ4n) is 2.33. The fourth-order valence-corrected chi connectivity index (χ4v) is 2.33. The Morgan fingerprint density at radius 3 is 2.58 bits per heavy atom. The summed E-state index contributed by atoms with van der Waals surface area (Å²) >= 11 is 0. The number of benzene rings is 2. The van der Waals surface area contributed by atoms with E-state index in [0.717, 1.165) is 0 Å². The number of nitrogens with zero attached hydrogens (tertiary/aromatic N) is 1. The number of carbonyl (C=O) groups excluding carboxylic acids is 1. The maximum absolute atomic E-state index is 12.0. The van der Waals surface area contributed by atoms with Gasteiger partial charge in [-0.05, 0) is 29.8 Å². The van der Waals surface area contributed by atoms with Gasteiger partial charge in [0.2, 0.25) is 5.90 Å². The van der Waals surface area contributed by atoms with E-state index in [1.54, 1.807) is 36.4 Å². The predicted molar refractivity (Wildman–Crippen MR) is 87.0 cm³/mol. The van der Waals surface area contributed by atoms with Crippen molar-refractivity contribution in [3.05, 3.63) is 70.9 Å². The number of hydrogen-bond donors (Lipinski definition) is 1. The van der Waals surface area contributed by atoms with Crippen molar-refractivity contribution in [1.82, 2.24) is 0 Å². The zero-order valence-electron chi connectivity index (χ0n) is 12.7. The number of carboxylic acid groups (broad SMARTS) is 1. The van der Waals surface area contributed by atoms with Crippen molar-refractivity contribution in [3.63, 3.8) is 0 Å². The van der Waals surface area contributed by atoms with Crippen molar-refractivity contribution in [1.29, 1.82) is 0 Å². The highest BCUT2D eigenvalue weighted by atomic mass is 16.6. The number of aromatic carboxylic acids is 1. The Bertz CT molecular complexity index is 868. The average molecular weight is 323 g/mol. The second-order valence-electron chi connectivity index (χ2n) is 4.93. The molecule has 120 valence electrons. The molecule has 0 saturated heterocycles. The van der Waals surface area contributed by atoms with E-state index in [-0.39, 0.29) is 22.9 Å². The molecule has 2 aromatic carbocycles.